The predicted molar refractivity (Wildman–Crippen MR) is 71.6 cm³/mol. The van der Waals surface area contributed by atoms with Gasteiger partial charge in [-0.05, 0) is 6.42 Å². The molecule has 7 heteroatoms. The molecule has 6 nitrogen and oxygen atoms in total. The fourth-order valence-corrected chi connectivity index (χ4v) is 1.83. The van der Waals surface area contributed by atoms with E-state index in [1.165, 1.54) is 0 Å². The molecule has 2 aromatic heterocycles. The van der Waals surface area contributed by atoms with E-state index in [1.807, 2.05) is 22.7 Å². The summed E-state index contributed by atoms with van der Waals surface area (Å²) in [5.41, 5.74) is 5.56. The topological polar surface area (TPSA) is 72.9 Å². The Hall–Kier alpha value is -1.82. The molecule has 0 aliphatic carbocycles. The summed E-state index contributed by atoms with van der Waals surface area (Å²) in [6, 6.07) is 1.70. The van der Waals surface area contributed by atoms with Gasteiger partial charge in [-0.2, -0.15) is 4.98 Å². The van der Waals surface area contributed by atoms with Crippen LogP contribution in [-0.2, 0) is 6.54 Å². The Balaban J connectivity index is 1.89. The van der Waals surface area contributed by atoms with E-state index in [4.69, 9.17) is 17.3 Å². The van der Waals surface area contributed by atoms with E-state index in [2.05, 4.69) is 15.0 Å². The first-order chi connectivity index (χ1) is 8.65. The van der Waals surface area contributed by atoms with Gasteiger partial charge in [0.25, 0.3) is 0 Å². The molecule has 0 unspecified atom stereocenters. The van der Waals surface area contributed by atoms with Crippen molar-refractivity contribution in [3.63, 3.8) is 0 Å². The normalized spacial score (nSPS) is 10.6. The molecule has 0 bridgehead atoms. The average molecular weight is 267 g/mol. The third-order valence-electron chi connectivity index (χ3n) is 2.56. The van der Waals surface area contributed by atoms with Crippen molar-refractivity contribution >= 4 is 23.4 Å². The number of nitrogens with two attached hydrogens (primary N) is 1. The van der Waals surface area contributed by atoms with Gasteiger partial charge in [-0.25, -0.2) is 9.97 Å². The van der Waals surface area contributed by atoms with Gasteiger partial charge in [0.2, 0.25) is 5.95 Å². The number of nitrogen functional groups attached to an aromatic ring is 1. The first-order valence-corrected chi connectivity index (χ1v) is 6.00. The molecule has 96 valence electrons. The lowest BCUT2D eigenvalue weighted by Gasteiger charge is -2.18. The fraction of sp³-hybridized carbons (Fsp3) is 0.364. The lowest BCUT2D eigenvalue weighted by atomic mass is 10.4. The van der Waals surface area contributed by atoms with Gasteiger partial charge in [-0.3, -0.25) is 0 Å². The number of halogens is 1. The van der Waals surface area contributed by atoms with Crippen LogP contribution in [0.2, 0.25) is 5.15 Å². The Kier molecular flexibility index (Phi) is 3.99. The Morgan fingerprint density at radius 2 is 2.28 bits per heavy atom. The highest BCUT2D eigenvalue weighted by Crippen LogP contribution is 2.15. The lowest BCUT2D eigenvalue weighted by Crippen LogP contribution is -2.21. The van der Waals surface area contributed by atoms with Crippen molar-refractivity contribution in [3.05, 3.63) is 29.9 Å². The van der Waals surface area contributed by atoms with Crippen LogP contribution in [0, 0.1) is 0 Å². The van der Waals surface area contributed by atoms with Crippen molar-refractivity contribution in [2.45, 2.75) is 13.0 Å². The molecule has 2 aromatic rings. The molecule has 0 saturated carbocycles. The van der Waals surface area contributed by atoms with E-state index in [9.17, 15) is 0 Å². The summed E-state index contributed by atoms with van der Waals surface area (Å²) in [4.78, 5) is 14.0. The summed E-state index contributed by atoms with van der Waals surface area (Å²) >= 11 is 5.84. The quantitative estimate of drug-likeness (QED) is 0.829. The maximum absolute atomic E-state index is 5.84. The van der Waals surface area contributed by atoms with Gasteiger partial charge in [-0.1, -0.05) is 11.6 Å². The Bertz CT molecular complexity index is 478. The predicted octanol–water partition coefficient (Wildman–Crippen LogP) is 1.44. The summed E-state index contributed by atoms with van der Waals surface area (Å²) < 4.78 is 2.04. The number of imidazole rings is 1. The molecular formula is C11H15ClN6. The molecule has 0 aliphatic heterocycles. The zero-order valence-corrected chi connectivity index (χ0v) is 10.9. The maximum atomic E-state index is 5.84. The van der Waals surface area contributed by atoms with E-state index in [-0.39, 0.29) is 5.95 Å². The van der Waals surface area contributed by atoms with Crippen LogP contribution in [0.5, 0.6) is 0 Å². The lowest BCUT2D eigenvalue weighted by molar-refractivity contribution is 0.635. The van der Waals surface area contributed by atoms with Gasteiger partial charge in [0.05, 0.1) is 6.33 Å². The molecule has 0 spiro atoms. The van der Waals surface area contributed by atoms with Crippen LogP contribution in [-0.4, -0.2) is 33.1 Å². The second-order valence-electron chi connectivity index (χ2n) is 3.98. The molecule has 2 rings (SSSR count). The minimum Gasteiger partial charge on any atom is -0.368 e. The SMILES string of the molecule is CN(CCCn1ccnc1)c1cc(Cl)nc(N)n1. The second-order valence-corrected chi connectivity index (χ2v) is 4.37. The summed E-state index contributed by atoms with van der Waals surface area (Å²) in [5, 5.41) is 0.360. The van der Waals surface area contributed by atoms with Gasteiger partial charge in [0, 0.05) is 38.6 Å². The number of rotatable bonds is 5. The number of hydrogen-bond acceptors (Lipinski definition) is 5. The van der Waals surface area contributed by atoms with E-state index in [1.54, 1.807) is 18.6 Å². The Labute approximate surface area is 110 Å². The summed E-state index contributed by atoms with van der Waals surface area (Å²) in [6.07, 6.45) is 6.50. The van der Waals surface area contributed by atoms with Crippen LogP contribution in [0.25, 0.3) is 0 Å². The minimum absolute atomic E-state index is 0.193. The van der Waals surface area contributed by atoms with Crippen LogP contribution in [0.15, 0.2) is 24.8 Å². The summed E-state index contributed by atoms with van der Waals surface area (Å²) in [6.45, 7) is 1.77. The highest BCUT2D eigenvalue weighted by atomic mass is 35.5. The van der Waals surface area contributed by atoms with Crippen LogP contribution < -0.4 is 10.6 Å². The van der Waals surface area contributed by atoms with Crippen molar-refractivity contribution in [3.8, 4) is 0 Å². The van der Waals surface area contributed by atoms with Crippen LogP contribution in [0.3, 0.4) is 0 Å². The van der Waals surface area contributed by atoms with Crippen molar-refractivity contribution in [1.82, 2.24) is 19.5 Å². The minimum atomic E-state index is 0.193. The zero-order chi connectivity index (χ0) is 13.0. The highest BCUT2D eigenvalue weighted by Gasteiger charge is 2.05. The average Bonchev–Trinajstić information content (AvgIpc) is 2.80. The number of aryl methyl sites for hydroxylation is 1. The zero-order valence-electron chi connectivity index (χ0n) is 10.1. The summed E-state index contributed by atoms with van der Waals surface area (Å²) in [7, 11) is 1.95. The standard InChI is InChI=1S/C11H15ClN6/c1-17(4-2-5-18-6-3-14-8-18)10-7-9(12)15-11(13)16-10/h3,6-8H,2,4-5H2,1H3,(H2,13,15,16). The molecule has 0 amide bonds. The van der Waals surface area contributed by atoms with Gasteiger partial charge >= 0.3 is 0 Å². The number of anilines is 2. The summed E-state index contributed by atoms with van der Waals surface area (Å²) in [5.74, 6) is 0.928. The van der Waals surface area contributed by atoms with Crippen molar-refractivity contribution in [2.24, 2.45) is 0 Å². The number of hydrogen-bond donors (Lipinski definition) is 1. The molecule has 18 heavy (non-hydrogen) atoms. The smallest absolute Gasteiger partial charge is 0.223 e. The Morgan fingerprint density at radius 1 is 1.44 bits per heavy atom. The van der Waals surface area contributed by atoms with Gasteiger partial charge in [-0.15, -0.1) is 0 Å². The van der Waals surface area contributed by atoms with Gasteiger partial charge in [0.1, 0.15) is 11.0 Å². The largest absolute Gasteiger partial charge is 0.368 e. The molecule has 0 fully saturated rings. The molecular weight excluding hydrogens is 252 g/mol. The van der Waals surface area contributed by atoms with Gasteiger partial charge < -0.3 is 15.2 Å². The van der Waals surface area contributed by atoms with E-state index < -0.39 is 0 Å². The number of nitrogens with zero attached hydrogens (tertiary/aromatic N) is 5. The van der Waals surface area contributed by atoms with E-state index in [0.29, 0.717) is 5.15 Å². The fourth-order valence-electron chi connectivity index (χ4n) is 1.64. The third kappa shape index (κ3) is 3.33. The van der Waals surface area contributed by atoms with Crippen LogP contribution in [0.4, 0.5) is 11.8 Å². The van der Waals surface area contributed by atoms with Gasteiger partial charge in [0.15, 0.2) is 0 Å². The highest BCUT2D eigenvalue weighted by molar-refractivity contribution is 6.29. The van der Waals surface area contributed by atoms with Crippen LogP contribution >= 0.6 is 11.6 Å². The molecule has 0 aromatic carbocycles. The molecule has 0 aliphatic rings. The first-order valence-electron chi connectivity index (χ1n) is 5.62. The second kappa shape index (κ2) is 5.68. The Morgan fingerprint density at radius 3 is 2.94 bits per heavy atom. The molecule has 2 heterocycles. The molecule has 0 atom stereocenters. The van der Waals surface area contributed by atoms with Crippen molar-refractivity contribution in [1.29, 1.82) is 0 Å². The first kappa shape index (κ1) is 12.6. The van der Waals surface area contributed by atoms with Crippen molar-refractivity contribution < 1.29 is 0 Å². The van der Waals surface area contributed by atoms with E-state index >= 15 is 0 Å². The van der Waals surface area contributed by atoms with Crippen molar-refractivity contribution in [2.75, 3.05) is 24.2 Å². The number of aromatic nitrogens is 4. The monoisotopic (exact) mass is 266 g/mol. The third-order valence-corrected chi connectivity index (χ3v) is 2.75. The van der Waals surface area contributed by atoms with E-state index in [0.717, 1.165) is 25.3 Å². The molecule has 0 radical (unpaired) electrons. The molecule has 0 saturated heterocycles. The maximum Gasteiger partial charge on any atom is 0.223 e. The van der Waals surface area contributed by atoms with Crippen LogP contribution in [0.1, 0.15) is 6.42 Å². The molecule has 2 N–H and O–H groups in total.